The smallest absolute Gasteiger partial charge is 0.266 e. The number of carbonyl (C=O) groups excluding carboxylic acids is 1. The first-order valence-corrected chi connectivity index (χ1v) is 11.7. The van der Waals surface area contributed by atoms with Crippen LogP contribution in [-0.2, 0) is 11.4 Å². The topological polar surface area (TPSA) is 74.9 Å². The Kier molecular flexibility index (Phi) is 7.98. The van der Waals surface area contributed by atoms with Crippen molar-refractivity contribution in [2.45, 2.75) is 20.5 Å². The van der Waals surface area contributed by atoms with Crippen molar-refractivity contribution in [3.8, 4) is 17.6 Å². The number of rotatable bonds is 7. The molecule has 31 heavy (non-hydrogen) atoms. The monoisotopic (exact) mass is 547 g/mol. The van der Waals surface area contributed by atoms with Crippen molar-refractivity contribution in [1.29, 1.82) is 5.26 Å². The van der Waals surface area contributed by atoms with Gasteiger partial charge in [0.15, 0.2) is 16.7 Å². The van der Waals surface area contributed by atoms with Gasteiger partial charge in [0.05, 0.1) is 27.2 Å². The summed E-state index contributed by atoms with van der Waals surface area (Å²) in [5.74, 6) is 1.13. The SMILES string of the molecule is CCN=C1S/C(=C/c2cc(I)c(OCc3ccccc3C#N)c(OC)c2)C(=O)N1CC. The summed E-state index contributed by atoms with van der Waals surface area (Å²) < 4.78 is 12.4. The van der Waals surface area contributed by atoms with Crippen LogP contribution in [0, 0.1) is 14.9 Å². The van der Waals surface area contributed by atoms with Crippen molar-refractivity contribution in [2.75, 3.05) is 20.2 Å². The third-order valence-corrected chi connectivity index (χ3v) is 6.40. The van der Waals surface area contributed by atoms with Gasteiger partial charge in [0, 0.05) is 18.7 Å². The van der Waals surface area contributed by atoms with Crippen LogP contribution < -0.4 is 9.47 Å². The van der Waals surface area contributed by atoms with Crippen LogP contribution in [0.15, 0.2) is 46.3 Å². The Morgan fingerprint density at radius 1 is 1.29 bits per heavy atom. The number of amides is 1. The van der Waals surface area contributed by atoms with E-state index in [1.165, 1.54) is 11.8 Å². The van der Waals surface area contributed by atoms with Crippen LogP contribution in [0.5, 0.6) is 11.5 Å². The minimum atomic E-state index is -0.0397. The molecule has 2 aromatic carbocycles. The van der Waals surface area contributed by atoms with Gasteiger partial charge >= 0.3 is 0 Å². The second kappa shape index (κ2) is 10.7. The standard InChI is InChI=1S/C23H22IN3O3S/c1-4-26-23-27(5-2)22(28)20(31-23)12-15-10-18(24)21(19(11-15)29-3)30-14-17-9-7-6-8-16(17)13-25/h6-12H,4-5,14H2,1-3H3/b20-12+,26-23?. The van der Waals surface area contributed by atoms with E-state index >= 15 is 0 Å². The Bertz CT molecular complexity index is 1090. The zero-order chi connectivity index (χ0) is 22.4. The molecule has 8 heteroatoms. The molecule has 1 amide bonds. The van der Waals surface area contributed by atoms with Crippen molar-refractivity contribution in [1.82, 2.24) is 4.90 Å². The number of amidine groups is 1. The van der Waals surface area contributed by atoms with Gasteiger partial charge in [-0.3, -0.25) is 14.7 Å². The van der Waals surface area contributed by atoms with Gasteiger partial charge < -0.3 is 9.47 Å². The summed E-state index contributed by atoms with van der Waals surface area (Å²) in [4.78, 5) is 19.5. The number of carbonyl (C=O) groups is 1. The average Bonchev–Trinajstić information content (AvgIpc) is 3.06. The summed E-state index contributed by atoms with van der Waals surface area (Å²) in [6.07, 6.45) is 1.85. The Labute approximate surface area is 200 Å². The molecule has 0 spiro atoms. The number of likely N-dealkylation sites (N-methyl/N-ethyl adjacent to an activating group) is 1. The summed E-state index contributed by atoms with van der Waals surface area (Å²) in [7, 11) is 1.58. The number of hydrogen-bond acceptors (Lipinski definition) is 6. The molecule has 0 radical (unpaired) electrons. The summed E-state index contributed by atoms with van der Waals surface area (Å²) in [6, 6.07) is 13.3. The van der Waals surface area contributed by atoms with Crippen LogP contribution in [0.2, 0.25) is 0 Å². The van der Waals surface area contributed by atoms with Gasteiger partial charge in [0.2, 0.25) is 0 Å². The predicted molar refractivity (Wildman–Crippen MR) is 132 cm³/mol. The fourth-order valence-corrected chi connectivity index (χ4v) is 4.95. The third kappa shape index (κ3) is 5.22. The maximum Gasteiger partial charge on any atom is 0.266 e. The molecule has 1 aliphatic rings. The second-order valence-corrected chi connectivity index (χ2v) is 8.68. The molecule has 0 unspecified atom stereocenters. The Balaban J connectivity index is 1.88. The minimum Gasteiger partial charge on any atom is -0.493 e. The number of benzene rings is 2. The lowest BCUT2D eigenvalue weighted by molar-refractivity contribution is -0.122. The molecular weight excluding hydrogens is 525 g/mol. The number of hydrogen-bond donors (Lipinski definition) is 0. The number of aliphatic imine (C=N–C) groups is 1. The highest BCUT2D eigenvalue weighted by Crippen LogP contribution is 2.37. The number of ether oxygens (including phenoxy) is 2. The van der Waals surface area contributed by atoms with Crippen LogP contribution in [0.4, 0.5) is 0 Å². The van der Waals surface area contributed by atoms with Crippen molar-refractivity contribution in [3.63, 3.8) is 0 Å². The van der Waals surface area contributed by atoms with E-state index in [0.29, 0.717) is 35.1 Å². The highest BCUT2D eigenvalue weighted by molar-refractivity contribution is 14.1. The first-order chi connectivity index (χ1) is 15.0. The number of thioether (sulfide) groups is 1. The second-order valence-electron chi connectivity index (χ2n) is 6.51. The van der Waals surface area contributed by atoms with E-state index in [0.717, 1.165) is 19.9 Å². The lowest BCUT2D eigenvalue weighted by Crippen LogP contribution is -2.28. The quantitative estimate of drug-likeness (QED) is 0.358. The molecule has 1 heterocycles. The fraction of sp³-hybridized carbons (Fsp3) is 0.261. The molecule has 1 saturated heterocycles. The molecule has 3 rings (SSSR count). The molecule has 1 aliphatic heterocycles. The van der Waals surface area contributed by atoms with E-state index in [9.17, 15) is 10.1 Å². The molecule has 160 valence electrons. The van der Waals surface area contributed by atoms with Crippen molar-refractivity contribution < 1.29 is 14.3 Å². The van der Waals surface area contributed by atoms with Gasteiger partial charge in [0.1, 0.15) is 6.61 Å². The largest absolute Gasteiger partial charge is 0.493 e. The average molecular weight is 547 g/mol. The van der Waals surface area contributed by atoms with Crippen LogP contribution in [0.3, 0.4) is 0 Å². The zero-order valence-corrected chi connectivity index (χ0v) is 20.5. The maximum atomic E-state index is 12.7. The maximum absolute atomic E-state index is 12.7. The van der Waals surface area contributed by atoms with E-state index in [-0.39, 0.29) is 12.5 Å². The molecular formula is C23H22IN3O3S. The Morgan fingerprint density at radius 3 is 2.74 bits per heavy atom. The van der Waals surface area contributed by atoms with E-state index in [1.54, 1.807) is 18.1 Å². The molecule has 0 N–H and O–H groups in total. The fourth-order valence-electron chi connectivity index (χ4n) is 3.06. The Hall–Kier alpha value is -2.51. The lowest BCUT2D eigenvalue weighted by atomic mass is 10.1. The zero-order valence-electron chi connectivity index (χ0n) is 17.5. The normalized spacial score (nSPS) is 16.1. The van der Waals surface area contributed by atoms with Crippen molar-refractivity contribution in [2.24, 2.45) is 4.99 Å². The first-order valence-electron chi connectivity index (χ1n) is 9.76. The summed E-state index contributed by atoms with van der Waals surface area (Å²) in [5.41, 5.74) is 2.24. The van der Waals surface area contributed by atoms with E-state index in [2.05, 4.69) is 33.7 Å². The van der Waals surface area contributed by atoms with Crippen molar-refractivity contribution >= 4 is 51.5 Å². The van der Waals surface area contributed by atoms with Gasteiger partial charge in [-0.05, 0) is 78.0 Å². The molecule has 0 aliphatic carbocycles. The predicted octanol–water partition coefficient (Wildman–Crippen LogP) is 5.06. The van der Waals surface area contributed by atoms with Crippen LogP contribution in [0.25, 0.3) is 6.08 Å². The van der Waals surface area contributed by atoms with E-state index in [1.807, 2.05) is 50.3 Å². The van der Waals surface area contributed by atoms with E-state index in [4.69, 9.17) is 9.47 Å². The summed E-state index contributed by atoms with van der Waals surface area (Å²) in [5, 5.41) is 10.0. The first kappa shape index (κ1) is 23.2. The number of nitrogens with zero attached hydrogens (tertiary/aromatic N) is 3. The van der Waals surface area contributed by atoms with Gasteiger partial charge in [-0.25, -0.2) is 0 Å². The van der Waals surface area contributed by atoms with Gasteiger partial charge in [-0.15, -0.1) is 0 Å². The van der Waals surface area contributed by atoms with Crippen LogP contribution in [0.1, 0.15) is 30.5 Å². The molecule has 1 fully saturated rings. The third-order valence-electron chi connectivity index (χ3n) is 4.56. The minimum absolute atomic E-state index is 0.0397. The number of halogens is 1. The molecule has 6 nitrogen and oxygen atoms in total. The van der Waals surface area contributed by atoms with Crippen molar-refractivity contribution in [3.05, 3.63) is 61.6 Å². The Morgan fingerprint density at radius 2 is 2.06 bits per heavy atom. The molecule has 2 aromatic rings. The number of methoxy groups -OCH3 is 1. The highest BCUT2D eigenvalue weighted by Gasteiger charge is 2.31. The molecule has 0 atom stereocenters. The lowest BCUT2D eigenvalue weighted by Gasteiger charge is -2.14. The van der Waals surface area contributed by atoms with Gasteiger partial charge in [-0.2, -0.15) is 5.26 Å². The molecule has 0 aromatic heterocycles. The molecule has 0 bridgehead atoms. The van der Waals surface area contributed by atoms with Crippen LogP contribution >= 0.6 is 34.4 Å². The highest BCUT2D eigenvalue weighted by atomic mass is 127. The van der Waals surface area contributed by atoms with Crippen LogP contribution in [-0.4, -0.2) is 36.2 Å². The molecule has 0 saturated carbocycles. The summed E-state index contributed by atoms with van der Waals surface area (Å²) >= 11 is 3.58. The summed E-state index contributed by atoms with van der Waals surface area (Å²) in [6.45, 7) is 5.36. The van der Waals surface area contributed by atoms with Gasteiger partial charge in [-0.1, -0.05) is 18.2 Å². The van der Waals surface area contributed by atoms with Gasteiger partial charge in [0.25, 0.3) is 5.91 Å². The number of nitriles is 1. The van der Waals surface area contributed by atoms with E-state index < -0.39 is 0 Å².